The second kappa shape index (κ2) is 7.57. The summed E-state index contributed by atoms with van der Waals surface area (Å²) < 4.78 is 5.30. The molecule has 0 N–H and O–H groups in total. The zero-order chi connectivity index (χ0) is 15.2. The minimum Gasteiger partial charge on any atom is -0.496 e. The molecule has 1 saturated heterocycles. The van der Waals surface area contributed by atoms with E-state index in [1.165, 1.54) is 0 Å². The Kier molecular flexibility index (Phi) is 5.76. The van der Waals surface area contributed by atoms with Crippen molar-refractivity contribution in [3.05, 3.63) is 29.8 Å². The number of carbonyl (C=O) groups is 1. The molecular weight excluding hydrogens is 264 g/mol. The highest BCUT2D eigenvalue weighted by molar-refractivity contribution is 6.00. The van der Waals surface area contributed by atoms with Gasteiger partial charge in [-0.15, -0.1) is 0 Å². The van der Waals surface area contributed by atoms with Crippen LogP contribution in [-0.2, 0) is 0 Å². The van der Waals surface area contributed by atoms with E-state index in [0.717, 1.165) is 32.5 Å². The molecule has 0 aliphatic carbocycles. The minimum absolute atomic E-state index is 0.149. The van der Waals surface area contributed by atoms with E-state index in [1.54, 1.807) is 7.11 Å². The highest BCUT2D eigenvalue weighted by Gasteiger charge is 2.24. The Hall–Kier alpha value is -1.39. The van der Waals surface area contributed by atoms with Crippen LogP contribution in [0.5, 0.6) is 5.75 Å². The predicted octanol–water partition coefficient (Wildman–Crippen LogP) is 2.29. The van der Waals surface area contributed by atoms with Gasteiger partial charge in [0.15, 0.2) is 5.78 Å². The lowest BCUT2D eigenvalue weighted by molar-refractivity contribution is 0.0885. The molecule has 1 aliphatic rings. The molecule has 1 unspecified atom stereocenters. The fourth-order valence-electron chi connectivity index (χ4n) is 3.03. The lowest BCUT2D eigenvalue weighted by Crippen LogP contribution is -2.42. The fourth-order valence-corrected chi connectivity index (χ4v) is 3.03. The minimum atomic E-state index is 0.149. The van der Waals surface area contributed by atoms with Crippen LogP contribution in [0.4, 0.5) is 0 Å². The lowest BCUT2D eigenvalue weighted by atomic mass is 10.1. The SMILES string of the molecule is CCC1CN(C)CCCN1CC(=O)c1ccccc1OC. The van der Waals surface area contributed by atoms with Crippen molar-refractivity contribution in [1.82, 2.24) is 9.80 Å². The van der Waals surface area contributed by atoms with E-state index in [0.29, 0.717) is 23.9 Å². The van der Waals surface area contributed by atoms with Crippen LogP contribution in [0.25, 0.3) is 0 Å². The van der Waals surface area contributed by atoms with Crippen LogP contribution in [-0.4, -0.2) is 62.0 Å². The molecule has 4 nitrogen and oxygen atoms in total. The Bertz CT molecular complexity index is 476. The first-order valence-corrected chi connectivity index (χ1v) is 7.74. The number of ether oxygens (including phenoxy) is 1. The van der Waals surface area contributed by atoms with Crippen LogP contribution in [0.1, 0.15) is 30.1 Å². The number of methoxy groups -OCH3 is 1. The van der Waals surface area contributed by atoms with Gasteiger partial charge in [-0.25, -0.2) is 0 Å². The predicted molar refractivity (Wildman–Crippen MR) is 85.1 cm³/mol. The largest absolute Gasteiger partial charge is 0.496 e. The van der Waals surface area contributed by atoms with Crippen molar-refractivity contribution >= 4 is 5.78 Å². The molecule has 4 heteroatoms. The Morgan fingerprint density at radius 2 is 2.10 bits per heavy atom. The monoisotopic (exact) mass is 290 g/mol. The molecule has 1 aromatic carbocycles. The van der Waals surface area contributed by atoms with Gasteiger partial charge in [0, 0.05) is 19.1 Å². The quantitative estimate of drug-likeness (QED) is 0.779. The fraction of sp³-hybridized carbons (Fsp3) is 0.588. The third-order valence-corrected chi connectivity index (χ3v) is 4.25. The summed E-state index contributed by atoms with van der Waals surface area (Å²) in [5, 5.41) is 0. The number of rotatable bonds is 5. The Labute approximate surface area is 127 Å². The molecular formula is C17H26N2O2. The van der Waals surface area contributed by atoms with Crippen LogP contribution in [0.2, 0.25) is 0 Å². The van der Waals surface area contributed by atoms with Gasteiger partial charge in [0.05, 0.1) is 19.2 Å². The van der Waals surface area contributed by atoms with Crippen LogP contribution in [0.15, 0.2) is 24.3 Å². The van der Waals surface area contributed by atoms with Crippen molar-refractivity contribution < 1.29 is 9.53 Å². The molecule has 0 aromatic heterocycles. The summed E-state index contributed by atoms with van der Waals surface area (Å²) in [6.07, 6.45) is 2.19. The molecule has 1 atom stereocenters. The summed E-state index contributed by atoms with van der Waals surface area (Å²) in [5.41, 5.74) is 0.687. The Morgan fingerprint density at radius 3 is 2.81 bits per heavy atom. The maximum Gasteiger partial charge on any atom is 0.180 e. The van der Waals surface area contributed by atoms with Gasteiger partial charge in [-0.1, -0.05) is 19.1 Å². The van der Waals surface area contributed by atoms with E-state index >= 15 is 0 Å². The van der Waals surface area contributed by atoms with E-state index in [1.807, 2.05) is 24.3 Å². The van der Waals surface area contributed by atoms with Crippen molar-refractivity contribution in [2.75, 3.05) is 40.3 Å². The molecule has 1 aromatic rings. The van der Waals surface area contributed by atoms with Crippen molar-refractivity contribution in [3.63, 3.8) is 0 Å². The topological polar surface area (TPSA) is 32.8 Å². The zero-order valence-corrected chi connectivity index (χ0v) is 13.3. The molecule has 0 amide bonds. The summed E-state index contributed by atoms with van der Waals surface area (Å²) in [4.78, 5) is 17.3. The zero-order valence-electron chi connectivity index (χ0n) is 13.3. The highest BCUT2D eigenvalue weighted by Crippen LogP contribution is 2.20. The Morgan fingerprint density at radius 1 is 1.33 bits per heavy atom. The number of Topliss-reactive ketones (excluding diaryl/α,β-unsaturated/α-hetero) is 1. The van der Waals surface area contributed by atoms with Crippen LogP contribution in [0.3, 0.4) is 0 Å². The average Bonchev–Trinajstić information content (AvgIpc) is 2.68. The van der Waals surface area contributed by atoms with Crippen molar-refractivity contribution in [1.29, 1.82) is 0 Å². The van der Waals surface area contributed by atoms with E-state index in [-0.39, 0.29) is 5.78 Å². The van der Waals surface area contributed by atoms with Gasteiger partial charge < -0.3 is 9.64 Å². The van der Waals surface area contributed by atoms with E-state index in [4.69, 9.17) is 4.74 Å². The number of ketones is 1. The van der Waals surface area contributed by atoms with E-state index < -0.39 is 0 Å². The lowest BCUT2D eigenvalue weighted by Gasteiger charge is -2.29. The van der Waals surface area contributed by atoms with Gasteiger partial charge in [0.1, 0.15) is 5.75 Å². The molecule has 1 fully saturated rings. The first-order valence-electron chi connectivity index (χ1n) is 7.74. The van der Waals surface area contributed by atoms with Gasteiger partial charge in [0.25, 0.3) is 0 Å². The molecule has 0 radical (unpaired) electrons. The molecule has 2 rings (SSSR count). The average molecular weight is 290 g/mol. The summed E-state index contributed by atoms with van der Waals surface area (Å²) in [6.45, 7) is 5.81. The highest BCUT2D eigenvalue weighted by atomic mass is 16.5. The smallest absolute Gasteiger partial charge is 0.180 e. The summed E-state index contributed by atoms with van der Waals surface area (Å²) in [6, 6.07) is 7.94. The standard InChI is InChI=1S/C17H26N2O2/c1-4-14-12-18(2)10-7-11-19(14)13-16(20)15-8-5-6-9-17(15)21-3/h5-6,8-9,14H,4,7,10-13H2,1-3H3. The van der Waals surface area contributed by atoms with Crippen LogP contribution < -0.4 is 4.74 Å². The number of benzene rings is 1. The summed E-state index contributed by atoms with van der Waals surface area (Å²) >= 11 is 0. The number of carbonyl (C=O) groups excluding carboxylic acids is 1. The maximum atomic E-state index is 12.6. The van der Waals surface area contributed by atoms with Gasteiger partial charge >= 0.3 is 0 Å². The van der Waals surface area contributed by atoms with Gasteiger partial charge in [-0.3, -0.25) is 9.69 Å². The second-order valence-corrected chi connectivity index (χ2v) is 5.77. The maximum absolute atomic E-state index is 12.6. The summed E-state index contributed by atoms with van der Waals surface area (Å²) in [7, 11) is 3.77. The van der Waals surface area contributed by atoms with Gasteiger partial charge in [-0.05, 0) is 38.6 Å². The number of para-hydroxylation sites is 1. The van der Waals surface area contributed by atoms with Crippen LogP contribution in [0, 0.1) is 0 Å². The number of likely N-dealkylation sites (N-methyl/N-ethyl adjacent to an activating group) is 1. The molecule has 0 bridgehead atoms. The molecule has 0 saturated carbocycles. The van der Waals surface area contributed by atoms with E-state index in [2.05, 4.69) is 23.8 Å². The second-order valence-electron chi connectivity index (χ2n) is 5.77. The Balaban J connectivity index is 2.10. The normalized spacial score (nSPS) is 21.0. The summed E-state index contributed by atoms with van der Waals surface area (Å²) in [5.74, 6) is 0.818. The molecule has 1 aliphatic heterocycles. The molecule has 21 heavy (non-hydrogen) atoms. The first kappa shape index (κ1) is 16.0. The van der Waals surface area contributed by atoms with E-state index in [9.17, 15) is 4.79 Å². The van der Waals surface area contributed by atoms with Crippen molar-refractivity contribution in [2.45, 2.75) is 25.8 Å². The molecule has 0 spiro atoms. The number of hydrogen-bond acceptors (Lipinski definition) is 4. The van der Waals surface area contributed by atoms with Gasteiger partial charge in [0.2, 0.25) is 0 Å². The first-order chi connectivity index (χ1) is 10.2. The van der Waals surface area contributed by atoms with Crippen molar-refractivity contribution in [2.24, 2.45) is 0 Å². The third kappa shape index (κ3) is 4.05. The molecule has 116 valence electrons. The van der Waals surface area contributed by atoms with Crippen LogP contribution >= 0.6 is 0 Å². The number of hydrogen-bond donors (Lipinski definition) is 0. The number of nitrogens with zero attached hydrogens (tertiary/aromatic N) is 2. The molecule has 1 heterocycles. The van der Waals surface area contributed by atoms with Gasteiger partial charge in [-0.2, -0.15) is 0 Å². The third-order valence-electron chi connectivity index (χ3n) is 4.25. The van der Waals surface area contributed by atoms with Crippen molar-refractivity contribution in [3.8, 4) is 5.75 Å².